The number of fused-ring (bicyclic) bond motifs is 1. The molecule has 7 heteroatoms. The van der Waals surface area contributed by atoms with Gasteiger partial charge in [0.2, 0.25) is 0 Å². The van der Waals surface area contributed by atoms with Gasteiger partial charge in [0.1, 0.15) is 18.2 Å². The molecule has 0 atom stereocenters. The summed E-state index contributed by atoms with van der Waals surface area (Å²) >= 11 is 0. The first-order valence-corrected chi connectivity index (χ1v) is 10.1. The van der Waals surface area contributed by atoms with Crippen LogP contribution in [0.2, 0.25) is 0 Å². The minimum atomic E-state index is -0.954. The van der Waals surface area contributed by atoms with Crippen LogP contribution in [0, 0.1) is 11.3 Å². The van der Waals surface area contributed by atoms with Gasteiger partial charge in [0, 0.05) is 54.5 Å². The van der Waals surface area contributed by atoms with Gasteiger partial charge >= 0.3 is 5.97 Å². The molecule has 31 heavy (non-hydrogen) atoms. The molecule has 0 aliphatic carbocycles. The number of anilines is 1. The number of aromatic nitrogens is 1. The molecular weight excluding hydrogens is 392 g/mol. The molecule has 1 amide bonds. The van der Waals surface area contributed by atoms with Crippen molar-refractivity contribution in [2.24, 2.45) is 0 Å². The third-order valence-corrected chi connectivity index (χ3v) is 5.46. The summed E-state index contributed by atoms with van der Waals surface area (Å²) in [7, 11) is 0. The Morgan fingerprint density at radius 3 is 2.35 bits per heavy atom. The number of hydrogen-bond acceptors (Lipinski definition) is 4. The Balaban J connectivity index is 1.55. The van der Waals surface area contributed by atoms with Gasteiger partial charge in [-0.25, -0.2) is 0 Å². The molecule has 2 heterocycles. The minimum absolute atomic E-state index is 0.0476. The maximum Gasteiger partial charge on any atom is 0.323 e. The molecule has 156 valence electrons. The predicted octanol–water partition coefficient (Wildman–Crippen LogP) is 2.98. The first-order valence-electron chi connectivity index (χ1n) is 10.1. The van der Waals surface area contributed by atoms with Crippen LogP contribution in [0.3, 0.4) is 0 Å². The van der Waals surface area contributed by atoms with Crippen molar-refractivity contribution in [3.63, 3.8) is 0 Å². The zero-order chi connectivity index (χ0) is 21.8. The van der Waals surface area contributed by atoms with E-state index in [1.807, 2.05) is 60.7 Å². The number of rotatable bonds is 5. The Labute approximate surface area is 180 Å². The Morgan fingerprint density at radius 1 is 1.00 bits per heavy atom. The number of carboxylic acids is 1. The van der Waals surface area contributed by atoms with Gasteiger partial charge in [0.25, 0.3) is 5.91 Å². The highest BCUT2D eigenvalue weighted by Gasteiger charge is 2.24. The zero-order valence-corrected chi connectivity index (χ0v) is 16.9. The van der Waals surface area contributed by atoms with Crippen molar-refractivity contribution < 1.29 is 14.7 Å². The number of benzene rings is 2. The quantitative estimate of drug-likeness (QED) is 0.512. The van der Waals surface area contributed by atoms with Crippen LogP contribution in [-0.4, -0.2) is 52.6 Å². The molecule has 0 radical (unpaired) electrons. The highest BCUT2D eigenvalue weighted by molar-refractivity contribution is 6.04. The van der Waals surface area contributed by atoms with E-state index in [2.05, 4.69) is 4.90 Å². The molecule has 0 saturated carbocycles. The van der Waals surface area contributed by atoms with Crippen LogP contribution < -0.4 is 4.90 Å². The molecular formula is C24H22N4O3. The summed E-state index contributed by atoms with van der Waals surface area (Å²) in [5.41, 5.74) is 2.57. The van der Waals surface area contributed by atoms with E-state index in [-0.39, 0.29) is 18.0 Å². The van der Waals surface area contributed by atoms with E-state index < -0.39 is 5.97 Å². The Kier molecular flexibility index (Phi) is 5.72. The van der Waals surface area contributed by atoms with E-state index >= 15 is 0 Å². The molecule has 1 saturated heterocycles. The number of carboxylic acid groups (broad SMARTS) is 1. The van der Waals surface area contributed by atoms with Crippen LogP contribution in [0.5, 0.6) is 0 Å². The van der Waals surface area contributed by atoms with Gasteiger partial charge in [-0.2, -0.15) is 5.26 Å². The first-order chi connectivity index (χ1) is 15.1. The molecule has 1 fully saturated rings. The number of aliphatic carboxylic acids is 1. The molecule has 3 aromatic rings. The van der Waals surface area contributed by atoms with E-state index in [1.54, 1.807) is 21.7 Å². The number of piperazine rings is 1. The normalized spacial score (nSPS) is 14.5. The lowest BCUT2D eigenvalue weighted by Gasteiger charge is -2.36. The van der Waals surface area contributed by atoms with Crippen LogP contribution in [0.1, 0.15) is 5.56 Å². The largest absolute Gasteiger partial charge is 0.480 e. The van der Waals surface area contributed by atoms with Crippen molar-refractivity contribution in [2.75, 3.05) is 31.1 Å². The lowest BCUT2D eigenvalue weighted by atomic mass is 10.1. The van der Waals surface area contributed by atoms with Gasteiger partial charge in [-0.1, -0.05) is 36.4 Å². The highest BCUT2D eigenvalue weighted by atomic mass is 16.4. The summed E-state index contributed by atoms with van der Waals surface area (Å²) in [6.07, 6.45) is 3.24. The number of carbonyl (C=O) groups is 2. The fourth-order valence-corrected chi connectivity index (χ4v) is 3.94. The van der Waals surface area contributed by atoms with E-state index in [9.17, 15) is 20.0 Å². The Bertz CT molecular complexity index is 1180. The number of amides is 1. The highest BCUT2D eigenvalue weighted by Crippen LogP contribution is 2.24. The van der Waals surface area contributed by atoms with Gasteiger partial charge in [-0.15, -0.1) is 0 Å². The van der Waals surface area contributed by atoms with Gasteiger partial charge in [-0.3, -0.25) is 9.59 Å². The second-order valence-corrected chi connectivity index (χ2v) is 7.41. The molecule has 1 aliphatic heterocycles. The lowest BCUT2D eigenvalue weighted by Crippen LogP contribution is -2.49. The van der Waals surface area contributed by atoms with Gasteiger partial charge in [0.15, 0.2) is 0 Å². The van der Waals surface area contributed by atoms with E-state index in [4.69, 9.17) is 0 Å². The number of hydrogen-bond donors (Lipinski definition) is 1. The van der Waals surface area contributed by atoms with Crippen molar-refractivity contribution >= 4 is 34.5 Å². The lowest BCUT2D eigenvalue weighted by molar-refractivity contribution is -0.137. The van der Waals surface area contributed by atoms with Gasteiger partial charge in [0.05, 0.1) is 0 Å². The summed E-state index contributed by atoms with van der Waals surface area (Å²) in [5, 5.41) is 19.6. The number of nitriles is 1. The fraction of sp³-hybridized carbons (Fsp3) is 0.208. The molecule has 1 aromatic heterocycles. The topological polar surface area (TPSA) is 89.6 Å². The summed E-state index contributed by atoms with van der Waals surface area (Å²) in [6, 6.07) is 19.4. The van der Waals surface area contributed by atoms with E-state index in [0.29, 0.717) is 31.7 Å². The van der Waals surface area contributed by atoms with Crippen LogP contribution in [-0.2, 0) is 16.1 Å². The van der Waals surface area contributed by atoms with Crippen molar-refractivity contribution in [1.82, 2.24) is 9.47 Å². The summed E-state index contributed by atoms with van der Waals surface area (Å²) < 4.78 is 1.61. The molecule has 7 nitrogen and oxygen atoms in total. The van der Waals surface area contributed by atoms with Crippen molar-refractivity contribution in [3.8, 4) is 6.07 Å². The number of nitrogens with zero attached hydrogens (tertiary/aromatic N) is 4. The van der Waals surface area contributed by atoms with Crippen molar-refractivity contribution in [2.45, 2.75) is 6.54 Å². The maximum atomic E-state index is 13.0. The minimum Gasteiger partial charge on any atom is -0.480 e. The third-order valence-electron chi connectivity index (χ3n) is 5.46. The second-order valence-electron chi connectivity index (χ2n) is 7.41. The number of carbonyl (C=O) groups excluding carboxylic acids is 1. The van der Waals surface area contributed by atoms with Gasteiger partial charge < -0.3 is 19.5 Å². The van der Waals surface area contributed by atoms with Crippen LogP contribution in [0.25, 0.3) is 17.0 Å². The molecule has 0 bridgehead atoms. The molecule has 4 rings (SSSR count). The smallest absolute Gasteiger partial charge is 0.323 e. The third kappa shape index (κ3) is 4.28. The van der Waals surface area contributed by atoms with Crippen LogP contribution in [0.4, 0.5) is 5.69 Å². The average Bonchev–Trinajstić information content (AvgIpc) is 3.14. The standard InChI is InChI=1S/C24H22N4O3/c25-15-18(14-19-16-28(17-23(29)30)22-9-5-4-8-21(19)22)24(31)27-12-10-26(11-13-27)20-6-2-1-3-7-20/h1-9,14,16H,10-13,17H2,(H,29,30)/b18-14-. The number of para-hydroxylation sites is 2. The second kappa shape index (κ2) is 8.76. The summed E-state index contributed by atoms with van der Waals surface area (Å²) in [4.78, 5) is 28.1. The van der Waals surface area contributed by atoms with Crippen molar-refractivity contribution in [3.05, 3.63) is 71.9 Å². The molecule has 0 unspecified atom stereocenters. The van der Waals surface area contributed by atoms with Gasteiger partial charge in [-0.05, 0) is 24.3 Å². The average molecular weight is 414 g/mol. The molecule has 0 spiro atoms. The molecule has 1 aliphatic rings. The predicted molar refractivity (Wildman–Crippen MR) is 118 cm³/mol. The monoisotopic (exact) mass is 414 g/mol. The SMILES string of the molecule is N#C/C(=C/c1cn(CC(=O)O)c2ccccc12)C(=O)N1CCN(c2ccccc2)CC1. The van der Waals surface area contributed by atoms with E-state index in [1.165, 1.54) is 0 Å². The van der Waals surface area contributed by atoms with E-state index in [0.717, 1.165) is 16.6 Å². The Morgan fingerprint density at radius 2 is 1.68 bits per heavy atom. The van der Waals surface area contributed by atoms with Crippen molar-refractivity contribution in [1.29, 1.82) is 5.26 Å². The fourth-order valence-electron chi connectivity index (χ4n) is 3.94. The summed E-state index contributed by atoms with van der Waals surface area (Å²) in [6.45, 7) is 2.28. The zero-order valence-electron chi connectivity index (χ0n) is 16.9. The van der Waals surface area contributed by atoms with Crippen LogP contribution >= 0.6 is 0 Å². The van der Waals surface area contributed by atoms with Crippen LogP contribution in [0.15, 0.2) is 66.4 Å². The first kappa shape index (κ1) is 20.2. The Hall–Kier alpha value is -4.05. The maximum absolute atomic E-state index is 13.0. The molecule has 1 N–H and O–H groups in total. The summed E-state index contributed by atoms with van der Waals surface area (Å²) in [5.74, 6) is -1.26. The molecule has 2 aromatic carbocycles.